The van der Waals surface area contributed by atoms with Gasteiger partial charge >= 0.3 is 0 Å². The SMILES string of the molecule is Br.c1ccc([C@@H]2CN3CCC[C@H]3Cc3ccccc32)cc1. The summed E-state index contributed by atoms with van der Waals surface area (Å²) in [6, 6.07) is 20.9. The summed E-state index contributed by atoms with van der Waals surface area (Å²) in [4.78, 5) is 2.72. The van der Waals surface area contributed by atoms with Crippen molar-refractivity contribution in [3.05, 3.63) is 71.3 Å². The molecular formula is C19H22BrN. The van der Waals surface area contributed by atoms with Gasteiger partial charge in [0.25, 0.3) is 0 Å². The zero-order chi connectivity index (χ0) is 13.4. The molecule has 1 nitrogen and oxygen atoms in total. The summed E-state index contributed by atoms with van der Waals surface area (Å²) in [7, 11) is 0. The summed E-state index contributed by atoms with van der Waals surface area (Å²) in [5.74, 6) is 0.537. The highest BCUT2D eigenvalue weighted by molar-refractivity contribution is 8.93. The molecule has 0 spiro atoms. The monoisotopic (exact) mass is 343 g/mol. The summed E-state index contributed by atoms with van der Waals surface area (Å²) >= 11 is 0. The number of hydrogen-bond acceptors (Lipinski definition) is 1. The number of hydrogen-bond donors (Lipinski definition) is 0. The third-order valence-electron chi connectivity index (χ3n) is 5.00. The van der Waals surface area contributed by atoms with Gasteiger partial charge in [0.05, 0.1) is 0 Å². The Labute approximate surface area is 137 Å². The van der Waals surface area contributed by atoms with Gasteiger partial charge in [0.2, 0.25) is 0 Å². The van der Waals surface area contributed by atoms with Crippen LogP contribution in [0.1, 0.15) is 35.4 Å². The molecule has 21 heavy (non-hydrogen) atoms. The molecule has 0 amide bonds. The second-order valence-electron chi connectivity index (χ2n) is 6.16. The van der Waals surface area contributed by atoms with Crippen molar-refractivity contribution in [2.45, 2.75) is 31.2 Å². The molecule has 4 rings (SSSR count). The van der Waals surface area contributed by atoms with E-state index in [1.165, 1.54) is 37.9 Å². The lowest BCUT2D eigenvalue weighted by Crippen LogP contribution is -2.32. The van der Waals surface area contributed by atoms with Crippen molar-refractivity contribution in [3.8, 4) is 0 Å². The van der Waals surface area contributed by atoms with Crippen molar-refractivity contribution >= 4 is 17.0 Å². The van der Waals surface area contributed by atoms with E-state index in [1.54, 1.807) is 11.1 Å². The molecule has 2 aromatic rings. The minimum atomic E-state index is 0. The van der Waals surface area contributed by atoms with Gasteiger partial charge in [0.1, 0.15) is 0 Å². The van der Waals surface area contributed by atoms with E-state index in [2.05, 4.69) is 59.5 Å². The molecule has 2 aromatic carbocycles. The fourth-order valence-electron chi connectivity index (χ4n) is 3.98. The minimum Gasteiger partial charge on any atom is -0.299 e. The molecule has 2 aliphatic rings. The molecule has 0 aromatic heterocycles. The Morgan fingerprint density at radius 1 is 0.905 bits per heavy atom. The van der Waals surface area contributed by atoms with E-state index in [0.717, 1.165) is 6.04 Å². The summed E-state index contributed by atoms with van der Waals surface area (Å²) in [6.07, 6.45) is 3.98. The Morgan fingerprint density at radius 3 is 2.52 bits per heavy atom. The van der Waals surface area contributed by atoms with Crippen LogP contribution in [0.2, 0.25) is 0 Å². The summed E-state index contributed by atoms with van der Waals surface area (Å²) in [5.41, 5.74) is 4.58. The van der Waals surface area contributed by atoms with Crippen LogP contribution in [-0.2, 0) is 6.42 Å². The van der Waals surface area contributed by atoms with Crippen LogP contribution in [0.4, 0.5) is 0 Å². The van der Waals surface area contributed by atoms with Gasteiger partial charge in [-0.1, -0.05) is 54.6 Å². The summed E-state index contributed by atoms with van der Waals surface area (Å²) < 4.78 is 0. The highest BCUT2D eigenvalue weighted by Crippen LogP contribution is 2.35. The van der Waals surface area contributed by atoms with Crippen molar-refractivity contribution in [2.75, 3.05) is 13.1 Å². The van der Waals surface area contributed by atoms with Crippen LogP contribution in [0.5, 0.6) is 0 Å². The highest BCUT2D eigenvalue weighted by atomic mass is 79.9. The number of halogens is 1. The molecule has 0 aliphatic carbocycles. The van der Waals surface area contributed by atoms with Crippen LogP contribution in [-0.4, -0.2) is 24.0 Å². The smallest absolute Gasteiger partial charge is 0.0220 e. The Hall–Kier alpha value is -1.12. The maximum atomic E-state index is 2.72. The quantitative estimate of drug-likeness (QED) is 0.740. The lowest BCUT2D eigenvalue weighted by molar-refractivity contribution is 0.254. The van der Waals surface area contributed by atoms with E-state index in [-0.39, 0.29) is 17.0 Å². The standard InChI is InChI=1S/C19H21N.BrH/c1-2-7-15(8-3-1)19-14-20-12-6-10-17(20)13-16-9-4-5-11-18(16)19;/h1-5,7-9,11,17,19H,6,10,12-14H2;1H/t17-,19-;/m0./s1. The first-order valence-corrected chi connectivity index (χ1v) is 7.78. The number of fused-ring (bicyclic) bond motifs is 2. The van der Waals surface area contributed by atoms with E-state index < -0.39 is 0 Å². The molecule has 2 heterocycles. The van der Waals surface area contributed by atoms with Crippen LogP contribution in [0.25, 0.3) is 0 Å². The Balaban J connectivity index is 0.00000132. The maximum Gasteiger partial charge on any atom is 0.0220 e. The molecule has 0 N–H and O–H groups in total. The molecule has 0 bridgehead atoms. The maximum absolute atomic E-state index is 2.72. The summed E-state index contributed by atoms with van der Waals surface area (Å²) in [6.45, 7) is 2.47. The minimum absolute atomic E-state index is 0. The highest BCUT2D eigenvalue weighted by Gasteiger charge is 2.32. The van der Waals surface area contributed by atoms with Crippen molar-refractivity contribution in [1.82, 2.24) is 4.90 Å². The number of nitrogens with zero attached hydrogens (tertiary/aromatic N) is 1. The van der Waals surface area contributed by atoms with Crippen LogP contribution >= 0.6 is 17.0 Å². The fourth-order valence-corrected chi connectivity index (χ4v) is 3.98. The van der Waals surface area contributed by atoms with Crippen LogP contribution in [0, 0.1) is 0 Å². The molecule has 0 radical (unpaired) electrons. The average Bonchev–Trinajstić information content (AvgIpc) is 2.87. The predicted octanol–water partition coefficient (Wildman–Crippen LogP) is 4.42. The van der Waals surface area contributed by atoms with Crippen LogP contribution in [0.3, 0.4) is 0 Å². The Bertz CT molecular complexity index is 596. The third kappa shape index (κ3) is 2.79. The predicted molar refractivity (Wildman–Crippen MR) is 93.3 cm³/mol. The Kier molecular flexibility index (Phi) is 4.46. The molecule has 2 atom stereocenters. The number of benzene rings is 2. The van der Waals surface area contributed by atoms with Crippen LogP contribution in [0.15, 0.2) is 54.6 Å². The lowest BCUT2D eigenvalue weighted by atomic mass is 9.87. The largest absolute Gasteiger partial charge is 0.299 e. The molecule has 0 saturated carbocycles. The summed E-state index contributed by atoms with van der Waals surface area (Å²) in [5, 5.41) is 0. The third-order valence-corrected chi connectivity index (χ3v) is 5.00. The molecule has 1 fully saturated rings. The van der Waals surface area contributed by atoms with Gasteiger partial charge in [-0.25, -0.2) is 0 Å². The van der Waals surface area contributed by atoms with Gasteiger partial charge in [-0.3, -0.25) is 4.90 Å². The van der Waals surface area contributed by atoms with Crippen molar-refractivity contribution in [3.63, 3.8) is 0 Å². The first-order chi connectivity index (χ1) is 9.92. The fraction of sp³-hybridized carbons (Fsp3) is 0.368. The van der Waals surface area contributed by atoms with E-state index in [4.69, 9.17) is 0 Å². The van der Waals surface area contributed by atoms with Gasteiger partial charge in [-0.15, -0.1) is 17.0 Å². The van der Waals surface area contributed by atoms with Crippen molar-refractivity contribution in [1.29, 1.82) is 0 Å². The van der Waals surface area contributed by atoms with Gasteiger partial charge < -0.3 is 0 Å². The molecule has 110 valence electrons. The zero-order valence-corrected chi connectivity index (χ0v) is 14.0. The van der Waals surface area contributed by atoms with E-state index in [1.807, 2.05) is 0 Å². The van der Waals surface area contributed by atoms with Crippen molar-refractivity contribution in [2.24, 2.45) is 0 Å². The number of rotatable bonds is 1. The molecular weight excluding hydrogens is 322 g/mol. The van der Waals surface area contributed by atoms with E-state index >= 15 is 0 Å². The Morgan fingerprint density at radius 2 is 1.67 bits per heavy atom. The molecule has 2 heteroatoms. The second-order valence-corrected chi connectivity index (χ2v) is 6.16. The lowest BCUT2D eigenvalue weighted by Gasteiger charge is -2.25. The van der Waals surface area contributed by atoms with E-state index in [9.17, 15) is 0 Å². The molecule has 2 aliphatic heterocycles. The zero-order valence-electron chi connectivity index (χ0n) is 12.2. The van der Waals surface area contributed by atoms with Gasteiger partial charge in [-0.2, -0.15) is 0 Å². The normalized spacial score (nSPS) is 24.6. The van der Waals surface area contributed by atoms with Crippen molar-refractivity contribution < 1.29 is 0 Å². The second kappa shape index (κ2) is 6.33. The molecule has 1 saturated heterocycles. The topological polar surface area (TPSA) is 3.24 Å². The van der Waals surface area contributed by atoms with Crippen LogP contribution < -0.4 is 0 Å². The molecule has 0 unspecified atom stereocenters. The first kappa shape index (κ1) is 14.8. The average molecular weight is 344 g/mol. The van der Waals surface area contributed by atoms with Gasteiger partial charge in [-0.05, 0) is 42.5 Å². The van der Waals surface area contributed by atoms with Gasteiger partial charge in [0.15, 0.2) is 0 Å². The first-order valence-electron chi connectivity index (χ1n) is 7.78. The van der Waals surface area contributed by atoms with E-state index in [0.29, 0.717) is 5.92 Å². The van der Waals surface area contributed by atoms with Gasteiger partial charge in [0, 0.05) is 18.5 Å².